The molecular weight excluding hydrogens is 431 g/mol. The van der Waals surface area contributed by atoms with Gasteiger partial charge in [-0.25, -0.2) is 9.37 Å². The summed E-state index contributed by atoms with van der Waals surface area (Å²) < 4.78 is 16.8. The summed E-state index contributed by atoms with van der Waals surface area (Å²) in [5, 5.41) is 4.08. The summed E-state index contributed by atoms with van der Waals surface area (Å²) >= 11 is 0. The fraction of sp³-hybridized carbons (Fsp3) is 0.269. The minimum Gasteiger partial charge on any atom is -0.336 e. The van der Waals surface area contributed by atoms with Crippen LogP contribution in [0.5, 0.6) is 0 Å². The van der Waals surface area contributed by atoms with Gasteiger partial charge in [0.1, 0.15) is 11.5 Å². The molecule has 1 fully saturated rings. The maximum Gasteiger partial charge on any atom is 0.256 e. The van der Waals surface area contributed by atoms with E-state index in [0.29, 0.717) is 30.4 Å². The van der Waals surface area contributed by atoms with Crippen molar-refractivity contribution in [2.45, 2.75) is 13.8 Å². The zero-order chi connectivity index (χ0) is 23.8. The number of likely N-dealkylation sites (N-methyl/N-ethyl adjacent to an activating group) is 1. The van der Waals surface area contributed by atoms with Crippen molar-refractivity contribution in [2.75, 3.05) is 38.5 Å². The number of fused-ring (bicyclic) bond motifs is 1. The van der Waals surface area contributed by atoms with E-state index >= 15 is 4.39 Å². The second-order valence-corrected chi connectivity index (χ2v) is 8.84. The Morgan fingerprint density at radius 1 is 1.00 bits per heavy atom. The third-order valence-corrected chi connectivity index (χ3v) is 6.44. The molecule has 1 saturated heterocycles. The summed E-state index contributed by atoms with van der Waals surface area (Å²) in [5.74, 6) is -0.347. The van der Waals surface area contributed by atoms with Gasteiger partial charge in [0, 0.05) is 55.3 Å². The zero-order valence-electron chi connectivity index (χ0n) is 19.5. The molecule has 0 radical (unpaired) electrons. The lowest BCUT2D eigenvalue weighted by molar-refractivity contribution is 0.0659. The Morgan fingerprint density at radius 2 is 1.79 bits per heavy atom. The largest absolute Gasteiger partial charge is 0.336 e. The maximum atomic E-state index is 15.0. The number of nitrogens with zero attached hydrogens (tertiary/aromatic N) is 5. The maximum absolute atomic E-state index is 15.0. The van der Waals surface area contributed by atoms with Gasteiger partial charge in [-0.3, -0.25) is 4.79 Å². The average molecular weight is 459 g/mol. The van der Waals surface area contributed by atoms with E-state index < -0.39 is 5.82 Å². The van der Waals surface area contributed by atoms with Gasteiger partial charge in [0.05, 0.1) is 5.56 Å². The number of anilines is 2. The predicted molar refractivity (Wildman–Crippen MR) is 131 cm³/mol. The van der Waals surface area contributed by atoms with Gasteiger partial charge >= 0.3 is 0 Å². The fourth-order valence-corrected chi connectivity index (χ4v) is 4.14. The number of piperazine rings is 1. The number of nitrogens with one attached hydrogen (secondary N) is 1. The first-order valence-corrected chi connectivity index (χ1v) is 11.4. The van der Waals surface area contributed by atoms with Crippen LogP contribution in [0, 0.1) is 19.7 Å². The molecule has 2 aromatic heterocycles. The normalized spacial score (nSPS) is 14.5. The molecule has 7 nitrogen and oxygen atoms in total. The number of benzene rings is 2. The van der Waals surface area contributed by atoms with E-state index in [-0.39, 0.29) is 11.5 Å². The monoisotopic (exact) mass is 458 g/mol. The van der Waals surface area contributed by atoms with E-state index in [1.165, 1.54) is 17.2 Å². The minimum absolute atomic E-state index is 0.0940. The molecule has 34 heavy (non-hydrogen) atoms. The predicted octanol–water partition coefficient (Wildman–Crippen LogP) is 4.31. The van der Waals surface area contributed by atoms with Crippen LogP contribution in [0.1, 0.15) is 21.5 Å². The number of aromatic nitrogens is 3. The molecule has 0 spiro atoms. The molecule has 0 unspecified atom stereocenters. The molecule has 1 aliphatic rings. The number of carbonyl (C=O) groups excluding carboxylic acids is 1. The Hall–Kier alpha value is -3.78. The first-order valence-electron chi connectivity index (χ1n) is 11.4. The van der Waals surface area contributed by atoms with E-state index in [1.54, 1.807) is 27.8 Å². The summed E-state index contributed by atoms with van der Waals surface area (Å²) in [5.41, 5.74) is 4.63. The second kappa shape index (κ2) is 8.87. The molecular formula is C26H27FN6O. The fourth-order valence-electron chi connectivity index (χ4n) is 4.14. The van der Waals surface area contributed by atoms with Gasteiger partial charge in [-0.1, -0.05) is 6.07 Å². The number of hydrogen-bond acceptors (Lipinski definition) is 5. The zero-order valence-corrected chi connectivity index (χ0v) is 19.5. The lowest BCUT2D eigenvalue weighted by Crippen LogP contribution is -2.47. The number of amides is 1. The standard InChI is InChI=1S/C26H27FN6O/c1-17-4-5-20(14-18(17)2)29-26-28-16-19-8-9-33(24(19)30-26)21-6-7-22(23(27)15-21)25(34)32-12-10-31(3)11-13-32/h4-9,14-16H,10-13H2,1-3H3,(H,28,29,30). The van der Waals surface area contributed by atoms with Gasteiger partial charge in [0.25, 0.3) is 5.91 Å². The summed E-state index contributed by atoms with van der Waals surface area (Å²) in [4.78, 5) is 25.8. The molecule has 8 heteroatoms. The van der Waals surface area contributed by atoms with Crippen molar-refractivity contribution in [3.8, 4) is 5.69 Å². The number of rotatable bonds is 4. The molecule has 2 aromatic carbocycles. The summed E-state index contributed by atoms with van der Waals surface area (Å²) in [6.07, 6.45) is 3.57. The van der Waals surface area contributed by atoms with E-state index in [9.17, 15) is 4.79 Å². The molecule has 0 saturated carbocycles. The quantitative estimate of drug-likeness (QED) is 0.494. The summed E-state index contributed by atoms with van der Waals surface area (Å²) in [7, 11) is 2.02. The SMILES string of the molecule is Cc1ccc(Nc2ncc3ccn(-c4ccc(C(=O)N5CCN(C)CC5)c(F)c4)c3n2)cc1C. The molecule has 1 amide bonds. The molecule has 0 atom stereocenters. The molecule has 0 aliphatic carbocycles. The van der Waals surface area contributed by atoms with Crippen molar-refractivity contribution in [1.29, 1.82) is 0 Å². The van der Waals surface area contributed by atoms with Gasteiger partial charge in [-0.15, -0.1) is 0 Å². The van der Waals surface area contributed by atoms with Crippen molar-refractivity contribution in [3.05, 3.63) is 77.4 Å². The van der Waals surface area contributed by atoms with Crippen LogP contribution in [-0.4, -0.2) is 63.5 Å². The van der Waals surface area contributed by atoms with Crippen LogP contribution in [0.25, 0.3) is 16.7 Å². The van der Waals surface area contributed by atoms with Gasteiger partial charge in [0.2, 0.25) is 5.95 Å². The van der Waals surface area contributed by atoms with E-state index in [1.807, 2.05) is 37.5 Å². The summed E-state index contributed by atoms with van der Waals surface area (Å²) in [6.45, 7) is 6.91. The molecule has 3 heterocycles. The van der Waals surface area contributed by atoms with Gasteiger partial charge in [-0.05, 0) is 68.4 Å². The van der Waals surface area contributed by atoms with E-state index in [2.05, 4.69) is 34.0 Å². The van der Waals surface area contributed by atoms with E-state index in [4.69, 9.17) is 0 Å². The summed E-state index contributed by atoms with van der Waals surface area (Å²) in [6, 6.07) is 12.7. The van der Waals surface area contributed by atoms with Crippen LogP contribution in [-0.2, 0) is 0 Å². The topological polar surface area (TPSA) is 66.3 Å². The van der Waals surface area contributed by atoms with Crippen molar-refractivity contribution in [1.82, 2.24) is 24.3 Å². The van der Waals surface area contributed by atoms with Crippen molar-refractivity contribution >= 4 is 28.6 Å². The van der Waals surface area contributed by atoms with Crippen LogP contribution in [0.4, 0.5) is 16.0 Å². The Kier molecular flexibility index (Phi) is 5.75. The van der Waals surface area contributed by atoms with Crippen molar-refractivity contribution < 1.29 is 9.18 Å². The smallest absolute Gasteiger partial charge is 0.256 e. The highest BCUT2D eigenvalue weighted by molar-refractivity contribution is 5.95. The van der Waals surface area contributed by atoms with E-state index in [0.717, 1.165) is 24.2 Å². The Morgan fingerprint density at radius 3 is 2.53 bits per heavy atom. The molecule has 0 bridgehead atoms. The first-order chi connectivity index (χ1) is 16.4. The second-order valence-electron chi connectivity index (χ2n) is 8.84. The van der Waals surface area contributed by atoms with Crippen LogP contribution >= 0.6 is 0 Å². The third-order valence-electron chi connectivity index (χ3n) is 6.44. The Bertz CT molecular complexity index is 1370. The molecule has 174 valence electrons. The first kappa shape index (κ1) is 22.0. The van der Waals surface area contributed by atoms with Crippen LogP contribution < -0.4 is 5.32 Å². The minimum atomic E-state index is -0.536. The highest BCUT2D eigenvalue weighted by Gasteiger charge is 2.23. The Labute approximate surface area is 197 Å². The number of carbonyl (C=O) groups is 1. The number of halogens is 1. The molecule has 1 aliphatic heterocycles. The third kappa shape index (κ3) is 4.24. The van der Waals surface area contributed by atoms with Crippen molar-refractivity contribution in [2.24, 2.45) is 0 Å². The highest BCUT2D eigenvalue weighted by atomic mass is 19.1. The van der Waals surface area contributed by atoms with Crippen LogP contribution in [0.2, 0.25) is 0 Å². The highest BCUT2D eigenvalue weighted by Crippen LogP contribution is 2.24. The van der Waals surface area contributed by atoms with Crippen LogP contribution in [0.3, 0.4) is 0 Å². The average Bonchev–Trinajstić information content (AvgIpc) is 3.25. The number of hydrogen-bond donors (Lipinski definition) is 1. The van der Waals surface area contributed by atoms with Gasteiger partial charge in [0.15, 0.2) is 0 Å². The van der Waals surface area contributed by atoms with Crippen molar-refractivity contribution in [3.63, 3.8) is 0 Å². The van der Waals surface area contributed by atoms with Gasteiger partial charge in [-0.2, -0.15) is 4.98 Å². The van der Waals surface area contributed by atoms with Crippen LogP contribution in [0.15, 0.2) is 54.9 Å². The lowest BCUT2D eigenvalue weighted by Gasteiger charge is -2.32. The molecule has 1 N–H and O–H groups in total. The molecule has 4 aromatic rings. The number of aryl methyl sites for hydroxylation is 2. The lowest BCUT2D eigenvalue weighted by atomic mass is 10.1. The molecule has 5 rings (SSSR count). The van der Waals surface area contributed by atoms with Gasteiger partial charge < -0.3 is 19.7 Å². The Balaban J connectivity index is 1.42.